The lowest BCUT2D eigenvalue weighted by atomic mass is 10.1. The molecule has 156 valence electrons. The van der Waals surface area contributed by atoms with E-state index in [9.17, 15) is 13.2 Å². The number of aromatic nitrogens is 2. The number of hydrogen-bond acceptors (Lipinski definition) is 6. The van der Waals surface area contributed by atoms with Crippen LogP contribution >= 0.6 is 34.5 Å². The van der Waals surface area contributed by atoms with Gasteiger partial charge in [0.05, 0.1) is 9.92 Å². The molecule has 1 amide bonds. The van der Waals surface area contributed by atoms with E-state index < -0.39 is 20.5 Å². The van der Waals surface area contributed by atoms with Crippen molar-refractivity contribution in [2.75, 3.05) is 5.32 Å². The van der Waals surface area contributed by atoms with Gasteiger partial charge in [-0.05, 0) is 43.2 Å². The third-order valence-corrected chi connectivity index (χ3v) is 9.18. The Labute approximate surface area is 188 Å². The second-order valence-corrected chi connectivity index (χ2v) is 11.1. The van der Waals surface area contributed by atoms with E-state index in [4.69, 9.17) is 23.2 Å². The summed E-state index contributed by atoms with van der Waals surface area (Å²) in [4.78, 5) is 13.3. The molecule has 30 heavy (non-hydrogen) atoms. The van der Waals surface area contributed by atoms with Crippen molar-refractivity contribution in [2.45, 2.75) is 35.3 Å². The Bertz CT molecular complexity index is 1190. The minimum Gasteiger partial charge on any atom is -0.299 e. The maximum atomic E-state index is 13.4. The van der Waals surface area contributed by atoms with Crippen molar-refractivity contribution in [1.82, 2.24) is 10.2 Å². The monoisotopic (exact) mass is 481 g/mol. The lowest BCUT2D eigenvalue weighted by Gasteiger charge is -2.27. The molecule has 6 nitrogen and oxygen atoms in total. The third-order valence-electron chi connectivity index (χ3n) is 5.21. The molecule has 1 aromatic heterocycles. The van der Waals surface area contributed by atoms with Gasteiger partial charge in [-0.3, -0.25) is 10.1 Å². The first-order valence-corrected chi connectivity index (χ1v) is 12.3. The van der Waals surface area contributed by atoms with Gasteiger partial charge in [-0.1, -0.05) is 65.6 Å². The Kier molecular flexibility index (Phi) is 5.85. The molecular weight excluding hydrogens is 465 g/mol. The average molecular weight is 482 g/mol. The fourth-order valence-electron chi connectivity index (χ4n) is 3.63. The summed E-state index contributed by atoms with van der Waals surface area (Å²) in [6, 6.07) is 13.1. The standard InChI is InChI=1S/C20H17Cl2N3O3S2/c21-13-7-9-14(10-8-13)30(27,28)20(11-3-4-12-20)18(26)23-19-25-24-17(29-19)15-5-1-2-6-16(15)22/h1-2,5-10H,3-4,11-12H2,(H,23,25,26). The summed E-state index contributed by atoms with van der Waals surface area (Å²) in [6.07, 6.45) is 1.81. The average Bonchev–Trinajstić information content (AvgIpc) is 3.39. The molecule has 0 unspecified atom stereocenters. The number of hydrogen-bond donors (Lipinski definition) is 1. The van der Waals surface area contributed by atoms with E-state index in [1.54, 1.807) is 18.2 Å². The van der Waals surface area contributed by atoms with E-state index >= 15 is 0 Å². The van der Waals surface area contributed by atoms with Gasteiger partial charge in [-0.2, -0.15) is 0 Å². The van der Waals surface area contributed by atoms with Crippen LogP contribution in [0.4, 0.5) is 5.13 Å². The van der Waals surface area contributed by atoms with E-state index in [2.05, 4.69) is 15.5 Å². The highest BCUT2D eigenvalue weighted by Gasteiger charge is 2.53. The summed E-state index contributed by atoms with van der Waals surface area (Å²) in [6.45, 7) is 0. The summed E-state index contributed by atoms with van der Waals surface area (Å²) in [7, 11) is -3.92. The van der Waals surface area contributed by atoms with Crippen molar-refractivity contribution in [2.24, 2.45) is 0 Å². The molecule has 1 aliphatic carbocycles. The van der Waals surface area contributed by atoms with Crippen LogP contribution in [0.15, 0.2) is 53.4 Å². The smallest absolute Gasteiger partial charge is 0.248 e. The van der Waals surface area contributed by atoms with Crippen molar-refractivity contribution in [3.8, 4) is 10.6 Å². The fourth-order valence-corrected chi connectivity index (χ4v) is 6.88. The van der Waals surface area contributed by atoms with Gasteiger partial charge >= 0.3 is 0 Å². The highest BCUT2D eigenvalue weighted by atomic mass is 35.5. The highest BCUT2D eigenvalue weighted by Crippen LogP contribution is 2.42. The number of nitrogens with zero attached hydrogens (tertiary/aromatic N) is 2. The topological polar surface area (TPSA) is 89.0 Å². The van der Waals surface area contributed by atoms with E-state index in [1.807, 2.05) is 6.07 Å². The minimum absolute atomic E-state index is 0.0815. The quantitative estimate of drug-likeness (QED) is 0.538. The Morgan fingerprint density at radius 2 is 1.67 bits per heavy atom. The van der Waals surface area contributed by atoms with Crippen molar-refractivity contribution in [3.05, 3.63) is 58.6 Å². The molecule has 3 aromatic rings. The lowest BCUT2D eigenvalue weighted by molar-refractivity contribution is -0.118. The van der Waals surface area contributed by atoms with Gasteiger partial charge in [0, 0.05) is 10.6 Å². The number of anilines is 1. The van der Waals surface area contributed by atoms with Crippen molar-refractivity contribution in [3.63, 3.8) is 0 Å². The van der Waals surface area contributed by atoms with E-state index in [0.717, 1.165) is 11.3 Å². The van der Waals surface area contributed by atoms with Crippen LogP contribution in [0.2, 0.25) is 10.0 Å². The zero-order valence-electron chi connectivity index (χ0n) is 15.6. The van der Waals surface area contributed by atoms with E-state index in [0.29, 0.717) is 33.5 Å². The Hall–Kier alpha value is -2.00. The van der Waals surface area contributed by atoms with Crippen LogP contribution in [0.5, 0.6) is 0 Å². The van der Waals surface area contributed by atoms with Gasteiger partial charge in [0.2, 0.25) is 11.0 Å². The molecule has 4 rings (SSSR count). The molecule has 0 saturated heterocycles. The number of nitrogens with one attached hydrogen (secondary N) is 1. The first kappa shape index (κ1) is 21.2. The van der Waals surface area contributed by atoms with Gasteiger partial charge in [0.25, 0.3) is 0 Å². The third kappa shape index (κ3) is 3.73. The van der Waals surface area contributed by atoms with Crippen molar-refractivity contribution in [1.29, 1.82) is 0 Å². The van der Waals surface area contributed by atoms with Gasteiger partial charge in [-0.15, -0.1) is 10.2 Å². The molecule has 2 aromatic carbocycles. The maximum Gasteiger partial charge on any atom is 0.248 e. The summed E-state index contributed by atoms with van der Waals surface area (Å²) in [5.41, 5.74) is 0.696. The summed E-state index contributed by atoms with van der Waals surface area (Å²) in [5, 5.41) is 12.5. The molecule has 1 fully saturated rings. The SMILES string of the molecule is O=C(Nc1nnc(-c2ccccc2Cl)s1)C1(S(=O)(=O)c2ccc(Cl)cc2)CCCC1. The molecule has 0 spiro atoms. The Morgan fingerprint density at radius 1 is 1.00 bits per heavy atom. The molecule has 0 atom stereocenters. The predicted molar refractivity (Wildman–Crippen MR) is 119 cm³/mol. The number of benzene rings is 2. The van der Waals surface area contributed by atoms with Gasteiger partial charge < -0.3 is 0 Å². The number of halogens is 2. The zero-order valence-corrected chi connectivity index (χ0v) is 18.8. The molecular formula is C20H17Cl2N3O3S2. The van der Waals surface area contributed by atoms with E-state index in [-0.39, 0.29) is 22.9 Å². The van der Waals surface area contributed by atoms with Crippen LogP contribution < -0.4 is 5.32 Å². The Morgan fingerprint density at radius 3 is 2.33 bits per heavy atom. The summed E-state index contributed by atoms with van der Waals surface area (Å²) >= 11 is 13.2. The molecule has 0 bridgehead atoms. The van der Waals surface area contributed by atoms with Crippen molar-refractivity contribution >= 4 is 55.4 Å². The van der Waals surface area contributed by atoms with Crippen LogP contribution in [0.1, 0.15) is 25.7 Å². The largest absolute Gasteiger partial charge is 0.299 e. The van der Waals surface area contributed by atoms with Crippen LogP contribution in [0, 0.1) is 0 Å². The van der Waals surface area contributed by atoms with Crippen LogP contribution in [-0.4, -0.2) is 29.3 Å². The Balaban J connectivity index is 1.64. The number of carbonyl (C=O) groups is 1. The zero-order chi connectivity index (χ0) is 21.4. The second kappa shape index (κ2) is 8.26. The van der Waals surface area contributed by atoms with Crippen molar-refractivity contribution < 1.29 is 13.2 Å². The molecule has 1 heterocycles. The number of carbonyl (C=O) groups excluding carboxylic acids is 1. The highest BCUT2D eigenvalue weighted by molar-refractivity contribution is 7.93. The maximum absolute atomic E-state index is 13.4. The number of sulfone groups is 1. The van der Waals surface area contributed by atoms with Crippen LogP contribution in [-0.2, 0) is 14.6 Å². The molecule has 1 N–H and O–H groups in total. The fraction of sp³-hybridized carbons (Fsp3) is 0.250. The predicted octanol–water partition coefficient (Wildman–Crippen LogP) is 5.24. The number of amides is 1. The molecule has 0 aliphatic heterocycles. The summed E-state index contributed by atoms with van der Waals surface area (Å²) in [5.74, 6) is -0.586. The van der Waals surface area contributed by atoms with Crippen LogP contribution in [0.3, 0.4) is 0 Å². The summed E-state index contributed by atoms with van der Waals surface area (Å²) < 4.78 is 25.3. The van der Waals surface area contributed by atoms with Gasteiger partial charge in [-0.25, -0.2) is 8.42 Å². The number of rotatable bonds is 5. The molecule has 1 aliphatic rings. The van der Waals surface area contributed by atoms with Gasteiger partial charge in [0.1, 0.15) is 0 Å². The van der Waals surface area contributed by atoms with Gasteiger partial charge in [0.15, 0.2) is 19.6 Å². The van der Waals surface area contributed by atoms with Crippen LogP contribution in [0.25, 0.3) is 10.6 Å². The lowest BCUT2D eigenvalue weighted by Crippen LogP contribution is -2.47. The van der Waals surface area contributed by atoms with E-state index in [1.165, 1.54) is 24.3 Å². The first-order valence-electron chi connectivity index (χ1n) is 9.23. The molecule has 10 heteroatoms. The molecule has 0 radical (unpaired) electrons. The minimum atomic E-state index is -3.92. The normalized spacial score (nSPS) is 15.8. The second-order valence-electron chi connectivity index (χ2n) is 7.01. The first-order chi connectivity index (χ1) is 14.3. The molecule has 1 saturated carbocycles.